The van der Waals surface area contributed by atoms with E-state index in [1.54, 1.807) is 0 Å². The third kappa shape index (κ3) is 4.04. The van der Waals surface area contributed by atoms with Gasteiger partial charge in [0.15, 0.2) is 0 Å². The Balaban J connectivity index is 1.55. The summed E-state index contributed by atoms with van der Waals surface area (Å²) >= 11 is 0. The lowest BCUT2D eigenvalue weighted by Gasteiger charge is -2.25. The van der Waals surface area contributed by atoms with Crippen LogP contribution in [-0.2, 0) is 12.6 Å². The summed E-state index contributed by atoms with van der Waals surface area (Å²) in [7, 11) is 0. The Bertz CT molecular complexity index is 753. The largest absolute Gasteiger partial charge is 0.484 e. The number of hydrogen-bond donors (Lipinski definition) is 0. The molecule has 0 N–H and O–H groups in total. The number of rotatable bonds is 4. The van der Waals surface area contributed by atoms with E-state index < -0.39 is 11.7 Å². The molecular formula is C21H22F3NO. The van der Waals surface area contributed by atoms with E-state index in [2.05, 4.69) is 17.0 Å². The van der Waals surface area contributed by atoms with Crippen LogP contribution in [0.3, 0.4) is 0 Å². The van der Waals surface area contributed by atoms with Crippen LogP contribution in [-0.4, -0.2) is 24.5 Å². The van der Waals surface area contributed by atoms with E-state index in [1.807, 2.05) is 12.1 Å². The van der Waals surface area contributed by atoms with E-state index in [-0.39, 0.29) is 6.10 Å². The smallest absolute Gasteiger partial charge is 0.416 e. The van der Waals surface area contributed by atoms with E-state index in [0.717, 1.165) is 49.7 Å². The summed E-state index contributed by atoms with van der Waals surface area (Å²) in [5, 5.41) is 0. The van der Waals surface area contributed by atoms with Crippen LogP contribution in [0.15, 0.2) is 48.5 Å². The number of benzene rings is 2. The first-order valence-electron chi connectivity index (χ1n) is 9.13. The maximum Gasteiger partial charge on any atom is 0.416 e. The molecule has 2 aromatic carbocycles. The van der Waals surface area contributed by atoms with Crippen molar-refractivity contribution in [3.05, 3.63) is 65.2 Å². The number of alkyl halides is 3. The predicted molar refractivity (Wildman–Crippen MR) is 94.1 cm³/mol. The zero-order valence-corrected chi connectivity index (χ0v) is 14.5. The molecule has 1 fully saturated rings. The molecule has 2 aliphatic rings. The molecule has 138 valence electrons. The Labute approximate surface area is 151 Å². The van der Waals surface area contributed by atoms with Gasteiger partial charge in [0.1, 0.15) is 11.9 Å². The molecule has 26 heavy (non-hydrogen) atoms. The molecule has 1 aliphatic heterocycles. The van der Waals surface area contributed by atoms with Crippen molar-refractivity contribution in [2.75, 3.05) is 19.6 Å². The molecule has 0 spiro atoms. The second kappa shape index (κ2) is 6.95. The van der Waals surface area contributed by atoms with Crippen LogP contribution in [0.5, 0.6) is 5.75 Å². The van der Waals surface area contributed by atoms with Gasteiger partial charge in [0.05, 0.1) is 5.56 Å². The maximum absolute atomic E-state index is 12.8. The van der Waals surface area contributed by atoms with Crippen LogP contribution in [0.4, 0.5) is 13.2 Å². The molecule has 0 radical (unpaired) electrons. The predicted octanol–water partition coefficient (Wildman–Crippen LogP) is 5.09. The summed E-state index contributed by atoms with van der Waals surface area (Å²) in [6.45, 7) is 2.86. The molecule has 1 heterocycles. The van der Waals surface area contributed by atoms with Gasteiger partial charge in [-0.05, 0) is 60.6 Å². The van der Waals surface area contributed by atoms with Crippen LogP contribution in [0.1, 0.15) is 35.6 Å². The van der Waals surface area contributed by atoms with Crippen molar-refractivity contribution >= 4 is 0 Å². The minimum Gasteiger partial charge on any atom is -0.484 e. The topological polar surface area (TPSA) is 12.5 Å². The van der Waals surface area contributed by atoms with Gasteiger partial charge < -0.3 is 4.74 Å². The van der Waals surface area contributed by atoms with Gasteiger partial charge in [0.2, 0.25) is 0 Å². The minimum absolute atomic E-state index is 0.163. The number of fused-ring (bicyclic) bond motifs is 1. The van der Waals surface area contributed by atoms with Crippen molar-refractivity contribution in [2.45, 2.75) is 31.5 Å². The number of halogens is 3. The van der Waals surface area contributed by atoms with Gasteiger partial charge in [-0.2, -0.15) is 13.2 Å². The Morgan fingerprint density at radius 1 is 1.00 bits per heavy atom. The summed E-state index contributed by atoms with van der Waals surface area (Å²) in [6.07, 6.45) is -0.907. The monoisotopic (exact) mass is 361 g/mol. The van der Waals surface area contributed by atoms with Crippen LogP contribution in [0.25, 0.3) is 0 Å². The van der Waals surface area contributed by atoms with Gasteiger partial charge in [-0.3, -0.25) is 4.90 Å². The lowest BCUT2D eigenvalue weighted by atomic mass is 10.0. The second-order valence-electron chi connectivity index (χ2n) is 7.28. The van der Waals surface area contributed by atoms with E-state index in [1.165, 1.54) is 30.5 Å². The molecule has 1 unspecified atom stereocenters. The van der Waals surface area contributed by atoms with Crippen molar-refractivity contribution in [3.8, 4) is 5.75 Å². The minimum atomic E-state index is -4.32. The highest BCUT2D eigenvalue weighted by Gasteiger charge is 2.31. The molecule has 2 nitrogen and oxygen atoms in total. The highest BCUT2D eigenvalue weighted by Crippen LogP contribution is 2.34. The quantitative estimate of drug-likeness (QED) is 0.752. The van der Waals surface area contributed by atoms with E-state index in [0.29, 0.717) is 5.75 Å². The fourth-order valence-electron chi connectivity index (χ4n) is 3.60. The Hall–Kier alpha value is -2.01. The third-order valence-corrected chi connectivity index (χ3v) is 5.20. The lowest BCUT2D eigenvalue weighted by molar-refractivity contribution is -0.137. The van der Waals surface area contributed by atoms with E-state index >= 15 is 0 Å². The first kappa shape index (κ1) is 17.4. The van der Waals surface area contributed by atoms with E-state index in [9.17, 15) is 13.2 Å². The molecule has 0 saturated heterocycles. The van der Waals surface area contributed by atoms with Gasteiger partial charge in [-0.15, -0.1) is 0 Å². The van der Waals surface area contributed by atoms with Crippen molar-refractivity contribution in [3.63, 3.8) is 0 Å². The zero-order valence-electron chi connectivity index (χ0n) is 14.5. The van der Waals surface area contributed by atoms with Gasteiger partial charge in [-0.1, -0.05) is 24.3 Å². The SMILES string of the molecule is FC(F)(F)c1ccc(OC2CN(CC3CC3)CCc3ccccc32)cc1. The molecule has 4 rings (SSSR count). The molecule has 0 bridgehead atoms. The van der Waals surface area contributed by atoms with Crippen LogP contribution in [0.2, 0.25) is 0 Å². The number of ether oxygens (including phenoxy) is 1. The van der Waals surface area contributed by atoms with Gasteiger partial charge in [-0.25, -0.2) is 0 Å². The Morgan fingerprint density at radius 2 is 1.73 bits per heavy atom. The van der Waals surface area contributed by atoms with Crippen molar-refractivity contribution in [2.24, 2.45) is 5.92 Å². The molecular weight excluding hydrogens is 339 g/mol. The van der Waals surface area contributed by atoms with Crippen LogP contribution < -0.4 is 4.74 Å². The van der Waals surface area contributed by atoms with Gasteiger partial charge in [0.25, 0.3) is 0 Å². The molecule has 2 aromatic rings. The Kier molecular flexibility index (Phi) is 4.65. The molecule has 5 heteroatoms. The molecule has 1 aliphatic carbocycles. The van der Waals surface area contributed by atoms with E-state index in [4.69, 9.17) is 4.74 Å². The molecule has 1 atom stereocenters. The molecule has 0 aromatic heterocycles. The fraction of sp³-hybridized carbons (Fsp3) is 0.429. The van der Waals surface area contributed by atoms with Gasteiger partial charge >= 0.3 is 6.18 Å². The van der Waals surface area contributed by atoms with Crippen molar-refractivity contribution in [1.82, 2.24) is 4.90 Å². The first-order chi connectivity index (χ1) is 12.5. The molecule has 1 saturated carbocycles. The average molecular weight is 361 g/mol. The summed E-state index contributed by atoms with van der Waals surface area (Å²) < 4.78 is 44.4. The summed E-state index contributed by atoms with van der Waals surface area (Å²) in [5.74, 6) is 1.27. The van der Waals surface area contributed by atoms with Crippen LogP contribution >= 0.6 is 0 Å². The third-order valence-electron chi connectivity index (χ3n) is 5.20. The average Bonchev–Trinajstić information content (AvgIpc) is 3.44. The Morgan fingerprint density at radius 3 is 2.42 bits per heavy atom. The number of hydrogen-bond acceptors (Lipinski definition) is 2. The highest BCUT2D eigenvalue weighted by molar-refractivity contribution is 5.34. The standard InChI is InChI=1S/C21H22F3NO/c22-21(23,24)17-7-9-18(10-8-17)26-20-14-25(13-15-5-6-15)12-11-16-3-1-2-4-19(16)20/h1-4,7-10,15,20H,5-6,11-14H2. The lowest BCUT2D eigenvalue weighted by Crippen LogP contribution is -2.32. The normalized spacial score (nSPS) is 21.1. The highest BCUT2D eigenvalue weighted by atomic mass is 19.4. The number of nitrogens with zero attached hydrogens (tertiary/aromatic N) is 1. The summed E-state index contributed by atoms with van der Waals surface area (Å²) in [4.78, 5) is 2.44. The zero-order chi connectivity index (χ0) is 18.1. The fourth-order valence-corrected chi connectivity index (χ4v) is 3.60. The maximum atomic E-state index is 12.8. The van der Waals surface area contributed by atoms with Crippen molar-refractivity contribution in [1.29, 1.82) is 0 Å². The van der Waals surface area contributed by atoms with Crippen molar-refractivity contribution < 1.29 is 17.9 Å². The van der Waals surface area contributed by atoms with Crippen LogP contribution in [0, 0.1) is 5.92 Å². The van der Waals surface area contributed by atoms with Gasteiger partial charge in [0, 0.05) is 19.6 Å². The first-order valence-corrected chi connectivity index (χ1v) is 9.13. The summed E-state index contributed by atoms with van der Waals surface area (Å²) in [6, 6.07) is 13.2. The second-order valence-corrected chi connectivity index (χ2v) is 7.28. The molecule has 0 amide bonds. The summed E-state index contributed by atoms with van der Waals surface area (Å²) in [5.41, 5.74) is 1.76.